The normalized spacial score (nSPS) is 13.2. The monoisotopic (exact) mass is 344 g/mol. The van der Waals surface area contributed by atoms with E-state index in [1.54, 1.807) is 18.2 Å². The fourth-order valence-corrected chi connectivity index (χ4v) is 2.95. The standard InChI is InChI=1S/C18H24N4O3/c1-3-24-14-9-8-13(11-15(14)25-4-2)18(23)19-12-17-21-20-16-7-5-6-10-22(16)17/h8-9,11H,3-7,10,12H2,1-2H3,(H,19,23). The van der Waals surface area contributed by atoms with Gasteiger partial charge in [0.15, 0.2) is 17.3 Å². The zero-order valence-electron chi connectivity index (χ0n) is 14.7. The SMILES string of the molecule is CCOc1ccc(C(=O)NCc2nnc3n2CCCC3)cc1OCC. The highest BCUT2D eigenvalue weighted by Gasteiger charge is 2.17. The van der Waals surface area contributed by atoms with Crippen LogP contribution in [0.25, 0.3) is 0 Å². The predicted octanol–water partition coefficient (Wildman–Crippen LogP) is 2.34. The summed E-state index contributed by atoms with van der Waals surface area (Å²) in [6.07, 6.45) is 3.23. The molecule has 7 nitrogen and oxygen atoms in total. The molecule has 3 rings (SSSR count). The van der Waals surface area contributed by atoms with Crippen molar-refractivity contribution in [3.63, 3.8) is 0 Å². The van der Waals surface area contributed by atoms with Gasteiger partial charge in [-0.3, -0.25) is 4.79 Å². The Balaban J connectivity index is 1.68. The minimum absolute atomic E-state index is 0.169. The molecule has 134 valence electrons. The Morgan fingerprint density at radius 1 is 1.16 bits per heavy atom. The second-order valence-electron chi connectivity index (χ2n) is 5.85. The molecule has 0 spiro atoms. The third-order valence-electron chi connectivity index (χ3n) is 4.15. The molecule has 0 saturated carbocycles. The van der Waals surface area contributed by atoms with Crippen molar-refractivity contribution in [1.29, 1.82) is 0 Å². The van der Waals surface area contributed by atoms with Gasteiger partial charge in [0, 0.05) is 18.5 Å². The summed E-state index contributed by atoms with van der Waals surface area (Å²) in [7, 11) is 0. The second kappa shape index (κ2) is 8.00. The third-order valence-corrected chi connectivity index (χ3v) is 4.15. The predicted molar refractivity (Wildman–Crippen MR) is 92.9 cm³/mol. The molecule has 0 unspecified atom stereocenters. The summed E-state index contributed by atoms with van der Waals surface area (Å²) >= 11 is 0. The van der Waals surface area contributed by atoms with Crippen LogP contribution in [0.4, 0.5) is 0 Å². The average Bonchev–Trinajstić information content (AvgIpc) is 3.05. The Kier molecular flexibility index (Phi) is 5.53. The number of amides is 1. The summed E-state index contributed by atoms with van der Waals surface area (Å²) in [5, 5.41) is 11.3. The summed E-state index contributed by atoms with van der Waals surface area (Å²) in [5.74, 6) is 2.87. The van der Waals surface area contributed by atoms with Crippen LogP contribution in [0.2, 0.25) is 0 Å². The van der Waals surface area contributed by atoms with E-state index in [0.29, 0.717) is 36.8 Å². The van der Waals surface area contributed by atoms with E-state index < -0.39 is 0 Å². The highest BCUT2D eigenvalue weighted by atomic mass is 16.5. The molecule has 1 aromatic heterocycles. The van der Waals surface area contributed by atoms with Gasteiger partial charge in [-0.15, -0.1) is 10.2 Å². The molecule has 0 bridgehead atoms. The molecule has 7 heteroatoms. The molecule has 2 aromatic rings. The number of ether oxygens (including phenoxy) is 2. The zero-order valence-corrected chi connectivity index (χ0v) is 14.7. The second-order valence-corrected chi connectivity index (χ2v) is 5.85. The van der Waals surface area contributed by atoms with Gasteiger partial charge >= 0.3 is 0 Å². The molecule has 1 N–H and O–H groups in total. The lowest BCUT2D eigenvalue weighted by Crippen LogP contribution is -2.25. The lowest BCUT2D eigenvalue weighted by Gasteiger charge is -2.15. The van der Waals surface area contributed by atoms with Gasteiger partial charge in [-0.05, 0) is 44.9 Å². The molecule has 0 fully saturated rings. The summed E-state index contributed by atoms with van der Waals surface area (Å²) in [6, 6.07) is 5.22. The van der Waals surface area contributed by atoms with Crippen molar-refractivity contribution >= 4 is 5.91 Å². The summed E-state index contributed by atoms with van der Waals surface area (Å²) in [4.78, 5) is 12.5. The van der Waals surface area contributed by atoms with Crippen LogP contribution in [-0.4, -0.2) is 33.9 Å². The van der Waals surface area contributed by atoms with Crippen molar-refractivity contribution in [2.75, 3.05) is 13.2 Å². The van der Waals surface area contributed by atoms with E-state index >= 15 is 0 Å². The van der Waals surface area contributed by atoms with Crippen molar-refractivity contribution < 1.29 is 14.3 Å². The molecular formula is C18H24N4O3. The first-order valence-electron chi connectivity index (χ1n) is 8.81. The molecule has 1 aliphatic rings. The lowest BCUT2D eigenvalue weighted by atomic mass is 10.1. The van der Waals surface area contributed by atoms with E-state index in [1.165, 1.54) is 0 Å². The first-order valence-corrected chi connectivity index (χ1v) is 8.81. The number of carbonyl (C=O) groups excluding carboxylic acids is 1. The minimum atomic E-state index is -0.169. The maximum Gasteiger partial charge on any atom is 0.251 e. The van der Waals surface area contributed by atoms with Crippen LogP contribution in [0.1, 0.15) is 48.7 Å². The Labute approximate surface area is 147 Å². The molecule has 25 heavy (non-hydrogen) atoms. The van der Waals surface area contributed by atoms with E-state index in [0.717, 1.165) is 37.5 Å². The Hall–Kier alpha value is -2.57. The van der Waals surface area contributed by atoms with Crippen LogP contribution in [0.15, 0.2) is 18.2 Å². The number of fused-ring (bicyclic) bond motifs is 1. The Morgan fingerprint density at radius 3 is 2.76 bits per heavy atom. The van der Waals surface area contributed by atoms with Gasteiger partial charge in [0.2, 0.25) is 0 Å². The van der Waals surface area contributed by atoms with E-state index in [1.807, 2.05) is 13.8 Å². The van der Waals surface area contributed by atoms with Crippen molar-refractivity contribution in [1.82, 2.24) is 20.1 Å². The number of nitrogens with zero attached hydrogens (tertiary/aromatic N) is 3. The molecule has 0 aliphatic carbocycles. The number of benzene rings is 1. The molecule has 1 aromatic carbocycles. The van der Waals surface area contributed by atoms with Gasteiger partial charge in [0.05, 0.1) is 19.8 Å². The van der Waals surface area contributed by atoms with Crippen LogP contribution in [0, 0.1) is 0 Å². The molecule has 2 heterocycles. The number of aromatic nitrogens is 3. The Morgan fingerprint density at radius 2 is 1.96 bits per heavy atom. The third kappa shape index (κ3) is 3.92. The molecule has 0 atom stereocenters. The average molecular weight is 344 g/mol. The topological polar surface area (TPSA) is 78.3 Å². The first kappa shape index (κ1) is 17.3. The first-order chi connectivity index (χ1) is 12.2. The summed E-state index contributed by atoms with van der Waals surface area (Å²) in [5.41, 5.74) is 0.533. The van der Waals surface area contributed by atoms with Crippen LogP contribution < -0.4 is 14.8 Å². The van der Waals surface area contributed by atoms with Gasteiger partial charge in [-0.25, -0.2) is 0 Å². The molecule has 0 radical (unpaired) electrons. The number of rotatable bonds is 7. The summed E-state index contributed by atoms with van der Waals surface area (Å²) < 4.78 is 13.2. The minimum Gasteiger partial charge on any atom is -0.490 e. The van der Waals surface area contributed by atoms with Gasteiger partial charge in [0.25, 0.3) is 5.91 Å². The fraction of sp³-hybridized carbons (Fsp3) is 0.500. The number of hydrogen-bond donors (Lipinski definition) is 1. The molecule has 1 aliphatic heterocycles. The van der Waals surface area contributed by atoms with Crippen LogP contribution in [-0.2, 0) is 19.5 Å². The van der Waals surface area contributed by atoms with Crippen LogP contribution in [0.3, 0.4) is 0 Å². The largest absolute Gasteiger partial charge is 0.490 e. The van der Waals surface area contributed by atoms with Gasteiger partial charge < -0.3 is 19.4 Å². The number of carbonyl (C=O) groups is 1. The van der Waals surface area contributed by atoms with Gasteiger partial charge in [-0.2, -0.15) is 0 Å². The molecule has 0 saturated heterocycles. The molecular weight excluding hydrogens is 320 g/mol. The van der Waals surface area contributed by atoms with Crippen molar-refractivity contribution in [2.45, 2.75) is 46.2 Å². The zero-order chi connectivity index (χ0) is 17.6. The number of aryl methyl sites for hydroxylation is 1. The van der Waals surface area contributed by atoms with Gasteiger partial charge in [0.1, 0.15) is 5.82 Å². The van der Waals surface area contributed by atoms with Gasteiger partial charge in [-0.1, -0.05) is 0 Å². The van der Waals surface area contributed by atoms with E-state index in [-0.39, 0.29) is 5.91 Å². The Bertz CT molecular complexity index is 742. The smallest absolute Gasteiger partial charge is 0.251 e. The van der Waals surface area contributed by atoms with E-state index in [4.69, 9.17) is 9.47 Å². The number of nitrogens with one attached hydrogen (secondary N) is 1. The van der Waals surface area contributed by atoms with Crippen molar-refractivity contribution in [2.24, 2.45) is 0 Å². The van der Waals surface area contributed by atoms with E-state index in [9.17, 15) is 4.79 Å². The molecule has 1 amide bonds. The summed E-state index contributed by atoms with van der Waals surface area (Å²) in [6.45, 7) is 6.15. The van der Waals surface area contributed by atoms with E-state index in [2.05, 4.69) is 20.1 Å². The quantitative estimate of drug-likeness (QED) is 0.834. The number of hydrogen-bond acceptors (Lipinski definition) is 5. The van der Waals surface area contributed by atoms with Crippen LogP contribution >= 0.6 is 0 Å². The van der Waals surface area contributed by atoms with Crippen molar-refractivity contribution in [3.8, 4) is 11.5 Å². The highest BCUT2D eigenvalue weighted by molar-refractivity contribution is 5.94. The maximum atomic E-state index is 12.5. The van der Waals surface area contributed by atoms with Crippen LogP contribution in [0.5, 0.6) is 11.5 Å². The fourth-order valence-electron chi connectivity index (χ4n) is 2.95. The highest BCUT2D eigenvalue weighted by Crippen LogP contribution is 2.28. The maximum absolute atomic E-state index is 12.5. The van der Waals surface area contributed by atoms with Crippen molar-refractivity contribution in [3.05, 3.63) is 35.4 Å². The lowest BCUT2D eigenvalue weighted by molar-refractivity contribution is 0.0948.